The molecule has 2 rings (SSSR count). The first-order chi connectivity index (χ1) is 11.5. The zero-order chi connectivity index (χ0) is 17.5. The second-order valence-corrected chi connectivity index (χ2v) is 5.73. The van der Waals surface area contributed by atoms with Crippen molar-refractivity contribution in [3.8, 4) is 0 Å². The van der Waals surface area contributed by atoms with E-state index in [9.17, 15) is 9.59 Å². The fourth-order valence-electron chi connectivity index (χ4n) is 2.43. The van der Waals surface area contributed by atoms with Crippen LogP contribution in [0.25, 0.3) is 0 Å². The number of benzene rings is 2. The molecule has 4 heteroatoms. The van der Waals surface area contributed by atoms with E-state index in [0.29, 0.717) is 30.7 Å². The van der Waals surface area contributed by atoms with Crippen LogP contribution in [0, 0.1) is 13.8 Å². The molecule has 0 heterocycles. The molecule has 2 aromatic carbocycles. The Morgan fingerprint density at radius 2 is 1.75 bits per heavy atom. The number of hydrogen-bond acceptors (Lipinski definition) is 3. The van der Waals surface area contributed by atoms with Crippen molar-refractivity contribution in [3.05, 3.63) is 64.7 Å². The van der Waals surface area contributed by atoms with Gasteiger partial charge in [-0.1, -0.05) is 35.9 Å². The van der Waals surface area contributed by atoms with E-state index < -0.39 is 0 Å². The quantitative estimate of drug-likeness (QED) is 0.815. The van der Waals surface area contributed by atoms with Crippen molar-refractivity contribution < 1.29 is 14.3 Å². The number of carbonyl (C=O) groups is 2. The van der Waals surface area contributed by atoms with Crippen LogP contribution in [0.5, 0.6) is 0 Å². The summed E-state index contributed by atoms with van der Waals surface area (Å²) in [7, 11) is 0. The van der Waals surface area contributed by atoms with Crippen molar-refractivity contribution >= 4 is 17.6 Å². The average molecular weight is 325 g/mol. The number of rotatable bonds is 6. The van der Waals surface area contributed by atoms with E-state index in [0.717, 1.165) is 11.1 Å². The predicted octanol–water partition coefficient (Wildman–Crippen LogP) is 4.05. The molecular formula is C20H23NO3. The molecule has 24 heavy (non-hydrogen) atoms. The summed E-state index contributed by atoms with van der Waals surface area (Å²) < 4.78 is 5.03. The number of anilines is 1. The maximum Gasteiger partial charge on any atom is 0.338 e. The third-order valence-electron chi connectivity index (χ3n) is 3.86. The minimum atomic E-state index is -0.370. The number of amides is 1. The van der Waals surface area contributed by atoms with Crippen LogP contribution in [-0.4, -0.2) is 18.5 Å². The largest absolute Gasteiger partial charge is 0.462 e. The van der Waals surface area contributed by atoms with Gasteiger partial charge < -0.3 is 10.1 Å². The standard InChI is InChI=1S/C20H23NO3/c1-4-24-20(23)17-6-5-7-18(15(17)3)21-19(22)13-12-16-10-8-14(2)9-11-16/h5-11H,4,12-13H2,1-3H3,(H,21,22). The molecule has 1 amide bonds. The van der Waals surface area contributed by atoms with Crippen LogP contribution in [0.15, 0.2) is 42.5 Å². The minimum Gasteiger partial charge on any atom is -0.462 e. The summed E-state index contributed by atoms with van der Waals surface area (Å²) in [6.07, 6.45) is 1.08. The molecule has 0 aliphatic rings. The molecule has 0 saturated carbocycles. The topological polar surface area (TPSA) is 55.4 Å². The van der Waals surface area contributed by atoms with Gasteiger partial charge in [0.15, 0.2) is 0 Å². The lowest BCUT2D eigenvalue weighted by atomic mass is 10.1. The summed E-state index contributed by atoms with van der Waals surface area (Å²) in [5.41, 5.74) is 4.18. The lowest BCUT2D eigenvalue weighted by Crippen LogP contribution is -2.15. The van der Waals surface area contributed by atoms with E-state index in [1.807, 2.05) is 38.1 Å². The molecule has 0 bridgehead atoms. The molecule has 0 aromatic heterocycles. The predicted molar refractivity (Wildman–Crippen MR) is 95.3 cm³/mol. The Kier molecular flexibility index (Phi) is 6.13. The summed E-state index contributed by atoms with van der Waals surface area (Å²) >= 11 is 0. The van der Waals surface area contributed by atoms with Gasteiger partial charge in [-0.15, -0.1) is 0 Å². The van der Waals surface area contributed by atoms with E-state index in [2.05, 4.69) is 5.32 Å². The summed E-state index contributed by atoms with van der Waals surface area (Å²) in [6.45, 7) is 5.94. The van der Waals surface area contributed by atoms with Gasteiger partial charge in [0.25, 0.3) is 0 Å². The first-order valence-electron chi connectivity index (χ1n) is 8.13. The normalized spacial score (nSPS) is 10.3. The van der Waals surface area contributed by atoms with Gasteiger partial charge in [-0.05, 0) is 50.5 Å². The molecule has 0 atom stereocenters. The Labute approximate surface area is 142 Å². The van der Waals surface area contributed by atoms with Gasteiger partial charge in [0, 0.05) is 12.1 Å². The van der Waals surface area contributed by atoms with Crippen molar-refractivity contribution in [3.63, 3.8) is 0 Å². The number of esters is 1. The van der Waals surface area contributed by atoms with Gasteiger partial charge in [-0.2, -0.15) is 0 Å². The van der Waals surface area contributed by atoms with Gasteiger partial charge >= 0.3 is 5.97 Å². The van der Waals surface area contributed by atoms with Crippen LogP contribution in [0.3, 0.4) is 0 Å². The number of carbonyl (C=O) groups excluding carboxylic acids is 2. The second kappa shape index (κ2) is 8.29. The average Bonchev–Trinajstić information content (AvgIpc) is 2.56. The lowest BCUT2D eigenvalue weighted by Gasteiger charge is -2.12. The fraction of sp³-hybridized carbons (Fsp3) is 0.300. The first-order valence-corrected chi connectivity index (χ1v) is 8.13. The number of ether oxygens (including phenoxy) is 1. The van der Waals surface area contributed by atoms with E-state index in [4.69, 9.17) is 4.74 Å². The van der Waals surface area contributed by atoms with E-state index in [-0.39, 0.29) is 11.9 Å². The van der Waals surface area contributed by atoms with Gasteiger partial charge in [-0.25, -0.2) is 4.79 Å². The fourth-order valence-corrected chi connectivity index (χ4v) is 2.43. The Morgan fingerprint density at radius 1 is 1.04 bits per heavy atom. The molecule has 1 N–H and O–H groups in total. The van der Waals surface area contributed by atoms with E-state index in [1.54, 1.807) is 25.1 Å². The number of aryl methyl sites for hydroxylation is 2. The Morgan fingerprint density at radius 3 is 2.42 bits per heavy atom. The second-order valence-electron chi connectivity index (χ2n) is 5.73. The molecule has 0 spiro atoms. The summed E-state index contributed by atoms with van der Waals surface area (Å²) in [6, 6.07) is 13.4. The maximum atomic E-state index is 12.2. The third-order valence-corrected chi connectivity index (χ3v) is 3.86. The van der Waals surface area contributed by atoms with Crippen molar-refractivity contribution in [2.75, 3.05) is 11.9 Å². The molecule has 0 radical (unpaired) electrons. The maximum absolute atomic E-state index is 12.2. The summed E-state index contributed by atoms with van der Waals surface area (Å²) in [5, 5.41) is 2.88. The van der Waals surface area contributed by atoms with Crippen LogP contribution in [-0.2, 0) is 16.0 Å². The van der Waals surface area contributed by atoms with Crippen LogP contribution in [0.2, 0.25) is 0 Å². The van der Waals surface area contributed by atoms with Crippen LogP contribution in [0.4, 0.5) is 5.69 Å². The highest BCUT2D eigenvalue weighted by molar-refractivity contribution is 5.96. The Hall–Kier alpha value is -2.62. The van der Waals surface area contributed by atoms with Crippen molar-refractivity contribution in [2.45, 2.75) is 33.6 Å². The van der Waals surface area contributed by atoms with E-state index >= 15 is 0 Å². The summed E-state index contributed by atoms with van der Waals surface area (Å²) in [5.74, 6) is -0.439. The molecule has 126 valence electrons. The van der Waals surface area contributed by atoms with Crippen molar-refractivity contribution in [1.29, 1.82) is 0 Å². The molecule has 2 aromatic rings. The summed E-state index contributed by atoms with van der Waals surface area (Å²) in [4.78, 5) is 24.1. The molecule has 0 fully saturated rings. The van der Waals surface area contributed by atoms with Crippen molar-refractivity contribution in [1.82, 2.24) is 0 Å². The van der Waals surface area contributed by atoms with Crippen molar-refractivity contribution in [2.24, 2.45) is 0 Å². The molecule has 0 saturated heterocycles. The number of nitrogens with one attached hydrogen (secondary N) is 1. The first kappa shape index (κ1) is 17.7. The zero-order valence-corrected chi connectivity index (χ0v) is 14.4. The van der Waals surface area contributed by atoms with Gasteiger partial charge in [0.05, 0.1) is 12.2 Å². The van der Waals surface area contributed by atoms with Crippen LogP contribution in [0.1, 0.15) is 40.4 Å². The Balaban J connectivity index is 1.99. The zero-order valence-electron chi connectivity index (χ0n) is 14.4. The highest BCUT2D eigenvalue weighted by Gasteiger charge is 2.13. The van der Waals surface area contributed by atoms with Crippen LogP contribution >= 0.6 is 0 Å². The number of hydrogen-bond donors (Lipinski definition) is 1. The van der Waals surface area contributed by atoms with Crippen LogP contribution < -0.4 is 5.32 Å². The highest BCUT2D eigenvalue weighted by atomic mass is 16.5. The van der Waals surface area contributed by atoms with Gasteiger partial charge in [0.2, 0.25) is 5.91 Å². The van der Waals surface area contributed by atoms with Gasteiger partial charge in [0.1, 0.15) is 0 Å². The SMILES string of the molecule is CCOC(=O)c1cccc(NC(=O)CCc2ccc(C)cc2)c1C. The monoisotopic (exact) mass is 325 g/mol. The third kappa shape index (κ3) is 4.69. The van der Waals surface area contributed by atoms with Gasteiger partial charge in [-0.3, -0.25) is 4.79 Å². The smallest absolute Gasteiger partial charge is 0.338 e. The lowest BCUT2D eigenvalue weighted by molar-refractivity contribution is -0.116. The molecular weight excluding hydrogens is 302 g/mol. The highest BCUT2D eigenvalue weighted by Crippen LogP contribution is 2.20. The molecule has 0 aliphatic heterocycles. The molecule has 0 aliphatic carbocycles. The van der Waals surface area contributed by atoms with E-state index in [1.165, 1.54) is 5.56 Å². The Bertz CT molecular complexity index is 720. The molecule has 4 nitrogen and oxygen atoms in total. The molecule has 0 unspecified atom stereocenters. The minimum absolute atomic E-state index is 0.0697.